The Morgan fingerprint density at radius 1 is 1.48 bits per heavy atom. The van der Waals surface area contributed by atoms with Crippen LogP contribution in [0.25, 0.3) is 0 Å². The molecule has 8 nitrogen and oxygen atoms in total. The fourth-order valence-electron chi connectivity index (χ4n) is 2.85. The number of hydrogen-bond acceptors (Lipinski definition) is 7. The molecule has 8 heteroatoms. The number of aryl methyl sites for hydroxylation is 1. The minimum Gasteiger partial charge on any atom is -0.370 e. The van der Waals surface area contributed by atoms with Crippen LogP contribution in [0, 0.1) is 24.2 Å². The molecule has 1 saturated heterocycles. The van der Waals surface area contributed by atoms with E-state index in [0.717, 1.165) is 31.9 Å². The smallest absolute Gasteiger partial charge is 0.239 e. The van der Waals surface area contributed by atoms with E-state index in [9.17, 15) is 4.79 Å². The summed E-state index contributed by atoms with van der Waals surface area (Å²) >= 11 is 0. The van der Waals surface area contributed by atoms with Crippen molar-refractivity contribution in [2.75, 3.05) is 36.8 Å². The van der Waals surface area contributed by atoms with Gasteiger partial charge in [0.15, 0.2) is 5.82 Å². The molecule has 2 N–H and O–H groups in total. The Morgan fingerprint density at radius 3 is 3.04 bits per heavy atom. The molecule has 1 aliphatic heterocycles. The number of hydrogen-bond donors (Lipinski definition) is 2. The van der Waals surface area contributed by atoms with Gasteiger partial charge in [-0.05, 0) is 37.9 Å². The zero-order valence-electron chi connectivity index (χ0n) is 14.0. The number of carbonyl (C=O) groups is 1. The Balaban J connectivity index is 1.40. The van der Waals surface area contributed by atoms with Gasteiger partial charge in [0.2, 0.25) is 5.91 Å². The van der Waals surface area contributed by atoms with Gasteiger partial charge in [0.25, 0.3) is 0 Å². The topological polar surface area (TPSA) is 107 Å². The minimum absolute atomic E-state index is 0.0873. The van der Waals surface area contributed by atoms with Crippen LogP contribution in [-0.4, -0.2) is 47.1 Å². The molecule has 1 unspecified atom stereocenters. The summed E-state index contributed by atoms with van der Waals surface area (Å²) in [5.74, 6) is 2.25. The van der Waals surface area contributed by atoms with Gasteiger partial charge in [0.05, 0.1) is 12.1 Å². The van der Waals surface area contributed by atoms with Crippen molar-refractivity contribution in [2.45, 2.75) is 13.3 Å². The lowest BCUT2D eigenvalue weighted by Crippen LogP contribution is -2.32. The van der Waals surface area contributed by atoms with Gasteiger partial charge in [-0.3, -0.25) is 9.69 Å². The van der Waals surface area contributed by atoms with Crippen LogP contribution in [0.5, 0.6) is 0 Å². The standard InChI is InChI=1S/C17H20N6O2/c1-12-6-16(22-25-12)21-17(24)11-23-5-4-14(10-23)9-20-15-3-2-13(7-18)8-19-15/h2-3,6,8,14H,4-5,9-11H2,1H3,(H,19,20)(H,21,22,24). The van der Waals surface area contributed by atoms with Gasteiger partial charge in [-0.15, -0.1) is 0 Å². The van der Waals surface area contributed by atoms with E-state index in [2.05, 4.69) is 25.7 Å². The fraction of sp³-hybridized carbons (Fsp3) is 0.412. The second-order valence-corrected chi connectivity index (χ2v) is 6.19. The van der Waals surface area contributed by atoms with Gasteiger partial charge in [0.1, 0.15) is 17.6 Å². The zero-order chi connectivity index (χ0) is 17.6. The average molecular weight is 340 g/mol. The van der Waals surface area contributed by atoms with E-state index in [0.29, 0.717) is 29.6 Å². The molecular formula is C17H20N6O2. The van der Waals surface area contributed by atoms with Crippen molar-refractivity contribution < 1.29 is 9.32 Å². The summed E-state index contributed by atoms with van der Waals surface area (Å²) in [6, 6.07) is 7.29. The predicted octanol–water partition coefficient (Wildman–Crippen LogP) is 1.62. The molecule has 0 bridgehead atoms. The lowest BCUT2D eigenvalue weighted by molar-refractivity contribution is -0.117. The van der Waals surface area contributed by atoms with Crippen LogP contribution in [0.2, 0.25) is 0 Å². The fourth-order valence-corrected chi connectivity index (χ4v) is 2.85. The van der Waals surface area contributed by atoms with Crippen molar-refractivity contribution in [1.82, 2.24) is 15.0 Å². The maximum absolute atomic E-state index is 12.0. The highest BCUT2D eigenvalue weighted by Crippen LogP contribution is 2.17. The Kier molecular flexibility index (Phi) is 5.26. The highest BCUT2D eigenvalue weighted by atomic mass is 16.5. The van der Waals surface area contributed by atoms with Crippen molar-refractivity contribution in [3.63, 3.8) is 0 Å². The number of nitrogens with zero attached hydrogens (tertiary/aromatic N) is 4. The SMILES string of the molecule is Cc1cc(NC(=O)CN2CCC(CNc3ccc(C#N)cn3)C2)no1. The summed E-state index contributed by atoms with van der Waals surface area (Å²) in [6.07, 6.45) is 2.58. The highest BCUT2D eigenvalue weighted by molar-refractivity contribution is 5.91. The van der Waals surface area contributed by atoms with Crippen LogP contribution in [0.4, 0.5) is 11.6 Å². The van der Waals surface area contributed by atoms with Crippen molar-refractivity contribution >= 4 is 17.5 Å². The van der Waals surface area contributed by atoms with E-state index in [4.69, 9.17) is 9.78 Å². The molecule has 0 aromatic carbocycles. The van der Waals surface area contributed by atoms with Gasteiger partial charge in [0, 0.05) is 25.4 Å². The first-order chi connectivity index (χ1) is 12.1. The number of nitrogens with one attached hydrogen (secondary N) is 2. The lowest BCUT2D eigenvalue weighted by Gasteiger charge is -2.15. The van der Waals surface area contributed by atoms with Gasteiger partial charge in [-0.1, -0.05) is 5.16 Å². The van der Waals surface area contributed by atoms with Crippen LogP contribution in [0.15, 0.2) is 28.9 Å². The van der Waals surface area contributed by atoms with Crippen LogP contribution in [0.1, 0.15) is 17.7 Å². The number of pyridine rings is 1. The van der Waals surface area contributed by atoms with E-state index in [1.807, 2.05) is 6.07 Å². The number of nitriles is 1. The Labute approximate surface area is 145 Å². The lowest BCUT2D eigenvalue weighted by atomic mass is 10.1. The number of carbonyl (C=O) groups excluding carboxylic acids is 1. The van der Waals surface area contributed by atoms with Crippen molar-refractivity contribution in [3.05, 3.63) is 35.7 Å². The molecule has 1 amide bonds. The van der Waals surface area contributed by atoms with Crippen LogP contribution < -0.4 is 10.6 Å². The van der Waals surface area contributed by atoms with E-state index in [1.54, 1.807) is 31.3 Å². The third-order valence-corrected chi connectivity index (χ3v) is 4.10. The first-order valence-electron chi connectivity index (χ1n) is 8.18. The number of anilines is 2. The van der Waals surface area contributed by atoms with Gasteiger partial charge < -0.3 is 15.2 Å². The molecule has 3 rings (SSSR count). The second kappa shape index (κ2) is 7.77. The maximum atomic E-state index is 12.0. The molecule has 0 saturated carbocycles. The molecule has 0 spiro atoms. The first-order valence-corrected chi connectivity index (χ1v) is 8.18. The Bertz CT molecular complexity index is 764. The normalized spacial score (nSPS) is 17.2. The van der Waals surface area contributed by atoms with Crippen molar-refractivity contribution in [2.24, 2.45) is 5.92 Å². The van der Waals surface area contributed by atoms with Crippen molar-refractivity contribution in [1.29, 1.82) is 5.26 Å². The molecule has 0 radical (unpaired) electrons. The quantitative estimate of drug-likeness (QED) is 0.823. The van der Waals surface area contributed by atoms with Gasteiger partial charge >= 0.3 is 0 Å². The number of likely N-dealkylation sites (tertiary alicyclic amines) is 1. The summed E-state index contributed by atoms with van der Waals surface area (Å²) in [6.45, 7) is 4.66. The molecule has 2 aromatic rings. The molecule has 25 heavy (non-hydrogen) atoms. The average Bonchev–Trinajstić information content (AvgIpc) is 3.22. The van der Waals surface area contributed by atoms with Gasteiger partial charge in [-0.2, -0.15) is 5.26 Å². The van der Waals surface area contributed by atoms with Crippen LogP contribution in [-0.2, 0) is 4.79 Å². The highest BCUT2D eigenvalue weighted by Gasteiger charge is 2.24. The van der Waals surface area contributed by atoms with Crippen LogP contribution in [0.3, 0.4) is 0 Å². The molecule has 1 aliphatic rings. The molecule has 130 valence electrons. The maximum Gasteiger partial charge on any atom is 0.239 e. The predicted molar refractivity (Wildman–Crippen MR) is 91.9 cm³/mol. The third-order valence-electron chi connectivity index (χ3n) is 4.10. The molecular weight excluding hydrogens is 320 g/mol. The Hall–Kier alpha value is -2.92. The third kappa shape index (κ3) is 4.78. The van der Waals surface area contributed by atoms with Crippen LogP contribution >= 0.6 is 0 Å². The Morgan fingerprint density at radius 2 is 2.36 bits per heavy atom. The molecule has 1 fully saturated rings. The van der Waals surface area contributed by atoms with Crippen molar-refractivity contribution in [3.8, 4) is 6.07 Å². The minimum atomic E-state index is -0.0873. The largest absolute Gasteiger partial charge is 0.370 e. The van der Waals surface area contributed by atoms with E-state index in [1.165, 1.54) is 0 Å². The molecule has 0 aliphatic carbocycles. The summed E-state index contributed by atoms with van der Waals surface area (Å²) in [7, 11) is 0. The molecule has 3 heterocycles. The number of rotatable bonds is 6. The first kappa shape index (κ1) is 16.9. The summed E-state index contributed by atoms with van der Waals surface area (Å²) in [5.41, 5.74) is 0.547. The van der Waals surface area contributed by atoms with E-state index < -0.39 is 0 Å². The van der Waals surface area contributed by atoms with E-state index in [-0.39, 0.29) is 5.91 Å². The van der Waals surface area contributed by atoms with E-state index >= 15 is 0 Å². The monoisotopic (exact) mass is 340 g/mol. The van der Waals surface area contributed by atoms with Gasteiger partial charge in [-0.25, -0.2) is 4.98 Å². The zero-order valence-corrected chi connectivity index (χ0v) is 14.0. The summed E-state index contributed by atoms with van der Waals surface area (Å²) < 4.78 is 4.93. The second-order valence-electron chi connectivity index (χ2n) is 6.19. The molecule has 1 atom stereocenters. The molecule has 2 aromatic heterocycles. The number of aromatic nitrogens is 2. The summed E-state index contributed by atoms with van der Waals surface area (Å²) in [4.78, 5) is 18.4. The summed E-state index contributed by atoms with van der Waals surface area (Å²) in [5, 5.41) is 18.5. The number of amides is 1.